The molecule has 4 rings (SSSR count). The molecule has 1 unspecified atom stereocenters. The van der Waals surface area contributed by atoms with Gasteiger partial charge >= 0.3 is 0 Å². The molecule has 1 aliphatic rings. The molecule has 1 amide bonds. The van der Waals surface area contributed by atoms with Gasteiger partial charge in [-0.15, -0.1) is 0 Å². The van der Waals surface area contributed by atoms with E-state index >= 15 is 0 Å². The van der Waals surface area contributed by atoms with Gasteiger partial charge in [0.25, 0.3) is 10.0 Å². The van der Waals surface area contributed by atoms with Gasteiger partial charge in [-0.2, -0.15) is 0 Å². The first-order chi connectivity index (χ1) is 19.4. The molecule has 0 aliphatic carbocycles. The molecule has 1 heterocycles. The Balaban J connectivity index is 1.39. The molecular weight excluding hydrogens is 613 g/mol. The van der Waals surface area contributed by atoms with Crippen LogP contribution in [0.25, 0.3) is 0 Å². The lowest BCUT2D eigenvalue weighted by molar-refractivity contribution is -0.120. The van der Waals surface area contributed by atoms with Crippen molar-refractivity contribution >= 4 is 60.5 Å². The Kier molecular flexibility index (Phi) is 9.70. The molecule has 10 nitrogen and oxygen atoms in total. The highest BCUT2D eigenvalue weighted by molar-refractivity contribution is 7.92. The van der Waals surface area contributed by atoms with Gasteiger partial charge in [0, 0.05) is 24.8 Å². The predicted molar refractivity (Wildman–Crippen MR) is 159 cm³/mol. The standard InChI is InChI=1S/C27H29Cl2N3O7S2/c1-38-21-8-12-25(26(15-21)39-2)31-41(36,37)22-9-6-20(7-10-22)30-27(33)19-4-3-13-32(16-19)40(34,35)17-18-5-11-23(28)24(29)14-18/h5-12,14-15,19,31H,3-4,13,16-17H2,1-2H3,(H,30,33). The Labute approximate surface area is 249 Å². The molecule has 0 saturated carbocycles. The van der Waals surface area contributed by atoms with Gasteiger partial charge in [-0.1, -0.05) is 29.3 Å². The maximum Gasteiger partial charge on any atom is 0.262 e. The van der Waals surface area contributed by atoms with Gasteiger partial charge in [0.1, 0.15) is 11.5 Å². The Morgan fingerprint density at radius 2 is 1.68 bits per heavy atom. The summed E-state index contributed by atoms with van der Waals surface area (Å²) < 4.78 is 66.2. The lowest BCUT2D eigenvalue weighted by atomic mass is 9.99. The molecule has 14 heteroatoms. The van der Waals surface area contributed by atoms with E-state index < -0.39 is 26.0 Å². The van der Waals surface area contributed by atoms with E-state index in [2.05, 4.69) is 10.0 Å². The number of benzene rings is 3. The summed E-state index contributed by atoms with van der Waals surface area (Å²) in [6.45, 7) is 0.349. The zero-order chi connectivity index (χ0) is 29.8. The van der Waals surface area contributed by atoms with Gasteiger partial charge in [0.2, 0.25) is 15.9 Å². The van der Waals surface area contributed by atoms with Crippen LogP contribution in [0.4, 0.5) is 11.4 Å². The first kappa shape index (κ1) is 30.9. The lowest BCUT2D eigenvalue weighted by Crippen LogP contribution is -2.44. The molecule has 2 N–H and O–H groups in total. The second kappa shape index (κ2) is 12.9. The van der Waals surface area contributed by atoms with E-state index in [1.807, 2.05) is 0 Å². The van der Waals surface area contributed by atoms with E-state index in [1.54, 1.807) is 24.3 Å². The van der Waals surface area contributed by atoms with Crippen LogP contribution in [0.1, 0.15) is 18.4 Å². The van der Waals surface area contributed by atoms with E-state index in [4.69, 9.17) is 32.7 Å². The van der Waals surface area contributed by atoms with Gasteiger partial charge in [-0.3, -0.25) is 9.52 Å². The Morgan fingerprint density at radius 1 is 0.951 bits per heavy atom. The number of hydrogen-bond acceptors (Lipinski definition) is 7. The number of piperidine rings is 1. The topological polar surface area (TPSA) is 131 Å². The van der Waals surface area contributed by atoms with Crippen molar-refractivity contribution in [2.24, 2.45) is 5.92 Å². The van der Waals surface area contributed by atoms with Crippen LogP contribution in [0.15, 0.2) is 65.6 Å². The van der Waals surface area contributed by atoms with E-state index in [0.717, 1.165) is 0 Å². The van der Waals surface area contributed by atoms with E-state index in [0.29, 0.717) is 41.4 Å². The first-order valence-electron chi connectivity index (χ1n) is 12.5. The zero-order valence-corrected chi connectivity index (χ0v) is 25.4. The summed E-state index contributed by atoms with van der Waals surface area (Å²) in [5.41, 5.74) is 1.12. The predicted octanol–water partition coefficient (Wildman–Crippen LogP) is 4.99. The summed E-state index contributed by atoms with van der Waals surface area (Å²) in [5, 5.41) is 3.37. The molecule has 0 radical (unpaired) electrons. The number of hydrogen-bond donors (Lipinski definition) is 2. The largest absolute Gasteiger partial charge is 0.497 e. The summed E-state index contributed by atoms with van der Waals surface area (Å²) in [7, 11) is -4.75. The summed E-state index contributed by atoms with van der Waals surface area (Å²) in [6.07, 6.45) is 1.04. The Hall–Kier alpha value is -3.03. The quantitative estimate of drug-likeness (QED) is 0.319. The van der Waals surface area contributed by atoms with Crippen LogP contribution in [-0.4, -0.2) is 54.4 Å². The molecule has 1 atom stereocenters. The molecule has 220 valence electrons. The fraction of sp³-hybridized carbons (Fsp3) is 0.296. The maximum absolute atomic E-state index is 13.1. The van der Waals surface area contributed by atoms with Crippen molar-refractivity contribution < 1.29 is 31.1 Å². The molecule has 3 aromatic carbocycles. The molecule has 1 saturated heterocycles. The molecule has 1 fully saturated rings. The third-order valence-corrected chi connectivity index (χ3v) is 10.5. The van der Waals surface area contributed by atoms with E-state index in [1.165, 1.54) is 54.9 Å². The summed E-state index contributed by atoms with van der Waals surface area (Å²) >= 11 is 12.0. The van der Waals surface area contributed by atoms with Crippen LogP contribution in [0, 0.1) is 5.92 Å². The van der Waals surface area contributed by atoms with Gasteiger partial charge < -0.3 is 14.8 Å². The smallest absolute Gasteiger partial charge is 0.262 e. The van der Waals surface area contributed by atoms with Crippen molar-refractivity contribution in [3.8, 4) is 11.5 Å². The van der Waals surface area contributed by atoms with Gasteiger partial charge in [0.05, 0.1) is 46.5 Å². The minimum Gasteiger partial charge on any atom is -0.497 e. The number of halogens is 2. The van der Waals surface area contributed by atoms with Crippen LogP contribution in [0.5, 0.6) is 11.5 Å². The Morgan fingerprint density at radius 3 is 2.34 bits per heavy atom. The lowest BCUT2D eigenvalue weighted by Gasteiger charge is -2.31. The minimum absolute atomic E-state index is 0.0226. The van der Waals surface area contributed by atoms with Crippen molar-refractivity contribution in [1.82, 2.24) is 4.31 Å². The highest BCUT2D eigenvalue weighted by Crippen LogP contribution is 2.31. The first-order valence-corrected chi connectivity index (χ1v) is 16.3. The molecular formula is C27H29Cl2N3O7S2. The molecule has 3 aromatic rings. The van der Waals surface area contributed by atoms with Crippen molar-refractivity contribution in [2.75, 3.05) is 37.3 Å². The van der Waals surface area contributed by atoms with Crippen LogP contribution >= 0.6 is 23.2 Å². The highest BCUT2D eigenvalue weighted by Gasteiger charge is 2.32. The summed E-state index contributed by atoms with van der Waals surface area (Å²) in [4.78, 5) is 13.0. The van der Waals surface area contributed by atoms with Gasteiger partial charge in [0.15, 0.2) is 0 Å². The average molecular weight is 643 g/mol. The van der Waals surface area contributed by atoms with Crippen LogP contribution < -0.4 is 19.5 Å². The number of amides is 1. The fourth-order valence-electron chi connectivity index (χ4n) is 4.39. The zero-order valence-electron chi connectivity index (χ0n) is 22.3. The molecule has 0 spiro atoms. The average Bonchev–Trinajstić information content (AvgIpc) is 2.95. The summed E-state index contributed by atoms with van der Waals surface area (Å²) in [5.74, 6) is -0.381. The number of carbonyl (C=O) groups excluding carboxylic acids is 1. The number of methoxy groups -OCH3 is 2. The molecule has 41 heavy (non-hydrogen) atoms. The number of sulfonamides is 2. The van der Waals surface area contributed by atoms with Crippen molar-refractivity contribution in [2.45, 2.75) is 23.5 Å². The number of rotatable bonds is 10. The molecule has 0 bridgehead atoms. The second-order valence-corrected chi connectivity index (χ2v) is 13.9. The maximum atomic E-state index is 13.1. The number of anilines is 2. The van der Waals surface area contributed by atoms with E-state index in [9.17, 15) is 21.6 Å². The van der Waals surface area contributed by atoms with E-state index in [-0.39, 0.29) is 39.6 Å². The number of nitrogens with one attached hydrogen (secondary N) is 2. The number of nitrogens with zero attached hydrogens (tertiary/aromatic N) is 1. The van der Waals surface area contributed by atoms with Crippen LogP contribution in [-0.2, 0) is 30.6 Å². The third kappa shape index (κ3) is 7.63. The number of carbonyl (C=O) groups is 1. The fourth-order valence-corrected chi connectivity index (χ4v) is 7.38. The Bertz CT molecular complexity index is 1630. The van der Waals surface area contributed by atoms with Crippen LogP contribution in [0.3, 0.4) is 0 Å². The number of ether oxygens (including phenoxy) is 2. The second-order valence-electron chi connectivity index (χ2n) is 9.39. The monoisotopic (exact) mass is 641 g/mol. The SMILES string of the molecule is COc1ccc(NS(=O)(=O)c2ccc(NC(=O)C3CCCN(S(=O)(=O)Cc4ccc(Cl)c(Cl)c4)C3)cc2)c(OC)c1. The summed E-state index contributed by atoms with van der Waals surface area (Å²) in [6, 6.07) is 15.0. The minimum atomic E-state index is -3.96. The highest BCUT2D eigenvalue weighted by atomic mass is 35.5. The van der Waals surface area contributed by atoms with Gasteiger partial charge in [-0.25, -0.2) is 21.1 Å². The van der Waals surface area contributed by atoms with Gasteiger partial charge in [-0.05, 0) is 66.9 Å². The third-order valence-electron chi connectivity index (χ3n) is 6.57. The van der Waals surface area contributed by atoms with Crippen molar-refractivity contribution in [3.05, 3.63) is 76.3 Å². The van der Waals surface area contributed by atoms with Crippen molar-refractivity contribution in [3.63, 3.8) is 0 Å². The normalized spacial score (nSPS) is 16.1. The molecule has 0 aromatic heterocycles. The van der Waals surface area contributed by atoms with Crippen molar-refractivity contribution in [1.29, 1.82) is 0 Å². The molecule has 1 aliphatic heterocycles. The van der Waals surface area contributed by atoms with Crippen LogP contribution in [0.2, 0.25) is 10.0 Å².